The van der Waals surface area contributed by atoms with Crippen molar-refractivity contribution in [2.24, 2.45) is 0 Å². The van der Waals surface area contributed by atoms with Gasteiger partial charge in [-0.15, -0.1) is 0 Å². The molecule has 0 saturated carbocycles. The third kappa shape index (κ3) is 4.27. The maximum absolute atomic E-state index is 6.72. The van der Waals surface area contributed by atoms with E-state index < -0.39 is 5.41 Å². The highest BCUT2D eigenvalue weighted by Crippen LogP contribution is 2.62. The van der Waals surface area contributed by atoms with Crippen LogP contribution in [0.1, 0.15) is 22.3 Å². The molecule has 2 aliphatic rings. The Hall–Kier alpha value is -6.90. The van der Waals surface area contributed by atoms with Gasteiger partial charge in [0, 0.05) is 28.1 Å². The van der Waals surface area contributed by atoms with Crippen LogP contribution >= 0.6 is 0 Å². The van der Waals surface area contributed by atoms with Crippen LogP contribution in [0.3, 0.4) is 0 Å². The topological polar surface area (TPSA) is 12.5 Å². The first-order chi connectivity index (χ1) is 26.3. The fraction of sp³-hybridized carbons (Fsp3) is 0.0196. The Morgan fingerprint density at radius 2 is 1.02 bits per heavy atom. The second-order valence-corrected chi connectivity index (χ2v) is 14.0. The fourth-order valence-electron chi connectivity index (χ4n) is 9.17. The van der Waals surface area contributed by atoms with Crippen molar-refractivity contribution in [2.45, 2.75) is 5.41 Å². The highest BCUT2D eigenvalue weighted by molar-refractivity contribution is 6.08. The van der Waals surface area contributed by atoms with E-state index >= 15 is 0 Å². The van der Waals surface area contributed by atoms with Gasteiger partial charge >= 0.3 is 0 Å². The molecular formula is C51H33NO. The Bertz CT molecular complexity index is 2820. The minimum absolute atomic E-state index is 0.626. The van der Waals surface area contributed by atoms with Gasteiger partial charge in [-0.2, -0.15) is 0 Å². The molecule has 0 N–H and O–H groups in total. The summed E-state index contributed by atoms with van der Waals surface area (Å²) in [4.78, 5) is 2.45. The molecule has 2 heteroatoms. The lowest BCUT2D eigenvalue weighted by Gasteiger charge is -2.45. The monoisotopic (exact) mass is 675 g/mol. The first-order valence-electron chi connectivity index (χ1n) is 18.3. The second kappa shape index (κ2) is 11.6. The number of benzene rings is 9. The Morgan fingerprint density at radius 1 is 0.396 bits per heavy atom. The molecule has 0 bridgehead atoms. The molecule has 1 spiro atoms. The van der Waals surface area contributed by atoms with Gasteiger partial charge in [0.25, 0.3) is 0 Å². The molecule has 0 unspecified atom stereocenters. The van der Waals surface area contributed by atoms with E-state index in [2.05, 4.69) is 205 Å². The van der Waals surface area contributed by atoms with Gasteiger partial charge in [0.05, 0.1) is 11.1 Å². The summed E-state index contributed by atoms with van der Waals surface area (Å²) in [6, 6.07) is 72.8. The maximum Gasteiger partial charge on any atom is 0.132 e. The lowest BCUT2D eigenvalue weighted by atomic mass is 9.58. The van der Waals surface area contributed by atoms with Crippen LogP contribution < -0.4 is 9.64 Å². The predicted octanol–water partition coefficient (Wildman–Crippen LogP) is 13.6. The summed E-state index contributed by atoms with van der Waals surface area (Å²) < 4.78 is 6.72. The van der Waals surface area contributed by atoms with Crippen LogP contribution in [-0.4, -0.2) is 0 Å². The minimum Gasteiger partial charge on any atom is -0.457 e. The number of nitrogens with zero attached hydrogens (tertiary/aromatic N) is 1. The summed E-state index contributed by atoms with van der Waals surface area (Å²) >= 11 is 0. The zero-order valence-electron chi connectivity index (χ0n) is 28.9. The summed E-state index contributed by atoms with van der Waals surface area (Å²) in [6.45, 7) is 0. The predicted molar refractivity (Wildman–Crippen MR) is 219 cm³/mol. The number of ether oxygens (including phenoxy) is 1. The molecule has 0 saturated heterocycles. The number of rotatable bonds is 4. The van der Waals surface area contributed by atoms with Crippen LogP contribution in [-0.2, 0) is 5.41 Å². The van der Waals surface area contributed by atoms with Crippen LogP contribution in [0, 0.1) is 0 Å². The van der Waals surface area contributed by atoms with Crippen molar-refractivity contribution in [3.8, 4) is 33.8 Å². The molecule has 2 nitrogen and oxygen atoms in total. The van der Waals surface area contributed by atoms with Gasteiger partial charge in [-0.25, -0.2) is 0 Å². The molecule has 0 atom stereocenters. The summed E-state index contributed by atoms with van der Waals surface area (Å²) in [6.07, 6.45) is 0. The van der Waals surface area contributed by atoms with Crippen molar-refractivity contribution in [3.05, 3.63) is 222 Å². The van der Waals surface area contributed by atoms with E-state index in [9.17, 15) is 0 Å². The second-order valence-electron chi connectivity index (χ2n) is 14.0. The van der Waals surface area contributed by atoms with Gasteiger partial charge in [-0.05, 0) is 91.8 Å². The molecule has 0 radical (unpaired) electrons. The summed E-state index contributed by atoms with van der Waals surface area (Å²) in [5.41, 5.74) is 12.4. The van der Waals surface area contributed by atoms with Gasteiger partial charge in [0.2, 0.25) is 0 Å². The van der Waals surface area contributed by atoms with Gasteiger partial charge in [0.1, 0.15) is 11.5 Å². The zero-order valence-corrected chi connectivity index (χ0v) is 28.9. The molecular weight excluding hydrogens is 643 g/mol. The van der Waals surface area contributed by atoms with Crippen molar-refractivity contribution < 1.29 is 4.74 Å². The molecule has 9 aromatic rings. The summed E-state index contributed by atoms with van der Waals surface area (Å²) in [7, 11) is 0. The first-order valence-corrected chi connectivity index (χ1v) is 18.3. The number of fused-ring (bicyclic) bond motifs is 9. The highest BCUT2D eigenvalue weighted by Gasteiger charge is 2.49. The van der Waals surface area contributed by atoms with E-state index in [1.807, 2.05) is 0 Å². The van der Waals surface area contributed by atoms with Crippen molar-refractivity contribution in [1.82, 2.24) is 0 Å². The third-order valence-electron chi connectivity index (χ3n) is 11.3. The SMILES string of the molecule is c1ccc(-c2c(N(c3ccccc3)c3ccc4c(c3)C3(c5ccccc5Oc5ccccc53)c3cccc5cccc-4c35)ccc3ccccc23)cc1. The lowest BCUT2D eigenvalue weighted by Crippen LogP contribution is -2.36. The Kier molecular flexibility index (Phi) is 6.50. The molecule has 1 heterocycles. The van der Waals surface area contributed by atoms with E-state index in [4.69, 9.17) is 4.74 Å². The van der Waals surface area contributed by atoms with E-state index in [1.54, 1.807) is 0 Å². The molecule has 0 aromatic heterocycles. The maximum atomic E-state index is 6.72. The van der Waals surface area contributed by atoms with Crippen molar-refractivity contribution in [1.29, 1.82) is 0 Å². The average Bonchev–Trinajstić information content (AvgIpc) is 3.23. The Balaban J connectivity index is 1.27. The smallest absolute Gasteiger partial charge is 0.132 e. The molecule has 0 amide bonds. The molecule has 1 aliphatic heterocycles. The normalized spacial score (nSPS) is 13.2. The van der Waals surface area contributed by atoms with Crippen LogP contribution in [0.4, 0.5) is 17.1 Å². The van der Waals surface area contributed by atoms with Crippen LogP contribution in [0.15, 0.2) is 200 Å². The molecule has 1 aliphatic carbocycles. The number of para-hydroxylation sites is 3. The third-order valence-corrected chi connectivity index (χ3v) is 11.3. The van der Waals surface area contributed by atoms with Crippen LogP contribution in [0.5, 0.6) is 11.5 Å². The van der Waals surface area contributed by atoms with Crippen LogP contribution in [0.2, 0.25) is 0 Å². The summed E-state index contributed by atoms with van der Waals surface area (Å²) in [5, 5.41) is 4.97. The number of hydrogen-bond acceptors (Lipinski definition) is 2. The van der Waals surface area contributed by atoms with E-state index in [-0.39, 0.29) is 0 Å². The van der Waals surface area contributed by atoms with Crippen molar-refractivity contribution >= 4 is 38.6 Å². The molecule has 248 valence electrons. The summed E-state index contributed by atoms with van der Waals surface area (Å²) in [5.74, 6) is 1.78. The lowest BCUT2D eigenvalue weighted by molar-refractivity contribution is 0.435. The van der Waals surface area contributed by atoms with E-state index in [0.29, 0.717) is 0 Å². The quantitative estimate of drug-likeness (QED) is 0.184. The number of hydrogen-bond donors (Lipinski definition) is 0. The molecule has 11 rings (SSSR count). The molecule has 0 fully saturated rings. The van der Waals surface area contributed by atoms with Gasteiger partial charge < -0.3 is 9.64 Å². The minimum atomic E-state index is -0.626. The Morgan fingerprint density at radius 3 is 1.79 bits per heavy atom. The van der Waals surface area contributed by atoms with Gasteiger partial charge in [0.15, 0.2) is 0 Å². The van der Waals surface area contributed by atoms with E-state index in [1.165, 1.54) is 54.9 Å². The first kappa shape index (κ1) is 29.8. The van der Waals surface area contributed by atoms with Crippen LogP contribution in [0.25, 0.3) is 43.8 Å². The molecule has 53 heavy (non-hydrogen) atoms. The fourth-order valence-corrected chi connectivity index (χ4v) is 9.17. The molecule has 9 aromatic carbocycles. The van der Waals surface area contributed by atoms with Crippen molar-refractivity contribution in [3.63, 3.8) is 0 Å². The van der Waals surface area contributed by atoms with E-state index in [0.717, 1.165) is 39.7 Å². The van der Waals surface area contributed by atoms with Gasteiger partial charge in [-0.1, -0.05) is 158 Å². The Labute approximate surface area is 308 Å². The largest absolute Gasteiger partial charge is 0.457 e. The van der Waals surface area contributed by atoms with Crippen molar-refractivity contribution in [2.75, 3.05) is 4.90 Å². The standard InChI is InChI=1S/C51H33NO/c1-3-16-36(17-4-1)50-39-22-8-7-15-34(39)29-32-46(50)52(37-20-5-2-6-21-37)38-30-31-40-41-23-13-18-35-19-14-26-44(49(35)41)51(45(40)33-38)42-24-9-11-27-47(42)53-48-28-12-10-25-43(48)51/h1-33H. The highest BCUT2D eigenvalue weighted by atomic mass is 16.5. The zero-order chi connectivity index (χ0) is 34.9. The average molecular weight is 676 g/mol. The van der Waals surface area contributed by atoms with Gasteiger partial charge in [-0.3, -0.25) is 0 Å². The number of anilines is 3.